The largest absolute Gasteiger partial charge is 0.316 e. The highest BCUT2D eigenvalue weighted by Crippen LogP contribution is 2.22. The van der Waals surface area contributed by atoms with Gasteiger partial charge in [0.05, 0.1) is 19.6 Å². The summed E-state index contributed by atoms with van der Waals surface area (Å²) in [5.41, 5.74) is 0. The average molecular weight is 354 g/mol. The average Bonchev–Trinajstić information content (AvgIpc) is 2.63. The van der Waals surface area contributed by atoms with E-state index in [4.69, 9.17) is 0 Å². The van der Waals surface area contributed by atoms with E-state index in [1.807, 2.05) is 0 Å². The third-order valence-electron chi connectivity index (χ3n) is 5.70. The summed E-state index contributed by atoms with van der Waals surface area (Å²) in [4.78, 5) is 0. The molecule has 0 heterocycles. The van der Waals surface area contributed by atoms with E-state index in [-0.39, 0.29) is 0 Å². The fraction of sp³-hybridized carbons (Fsp3) is 0.958. The van der Waals surface area contributed by atoms with Gasteiger partial charge in [-0.25, -0.2) is 0 Å². The molecule has 151 valence electrons. The molecule has 0 N–H and O–H groups in total. The van der Waals surface area contributed by atoms with Crippen molar-refractivity contribution in [2.45, 2.75) is 130 Å². The van der Waals surface area contributed by atoms with Crippen LogP contribution in [0.5, 0.6) is 0 Å². The Kier molecular flexibility index (Phi) is 18.7. The van der Waals surface area contributed by atoms with Crippen LogP contribution in [0.15, 0.2) is 0 Å². The van der Waals surface area contributed by atoms with E-state index in [1.54, 1.807) is 0 Å². The van der Waals surface area contributed by atoms with Gasteiger partial charge in [0, 0.05) is 6.42 Å². The molecule has 0 aliphatic rings. The highest BCUT2D eigenvalue weighted by molar-refractivity contribution is 4.60. The molecule has 0 aromatic carbocycles. The topological polar surface area (TPSA) is 0 Å². The van der Waals surface area contributed by atoms with Crippen LogP contribution in [0.2, 0.25) is 0 Å². The lowest BCUT2D eigenvalue weighted by molar-refractivity contribution is -0.901. The first-order chi connectivity index (χ1) is 12.2. The van der Waals surface area contributed by atoms with Crippen molar-refractivity contribution in [1.29, 1.82) is 0 Å². The zero-order chi connectivity index (χ0) is 18.6. The Bertz CT molecular complexity index is 195. The smallest absolute Gasteiger partial charge is 0.141 e. The third kappa shape index (κ3) is 14.8. The van der Waals surface area contributed by atoms with Gasteiger partial charge in [-0.3, -0.25) is 0 Å². The monoisotopic (exact) mass is 353 g/mol. The van der Waals surface area contributed by atoms with Gasteiger partial charge in [-0.1, -0.05) is 79.1 Å². The van der Waals surface area contributed by atoms with Crippen molar-refractivity contribution in [3.8, 4) is 0 Å². The lowest BCUT2D eigenvalue weighted by atomic mass is 10.1. The Labute approximate surface area is 161 Å². The van der Waals surface area contributed by atoms with E-state index in [1.165, 1.54) is 127 Å². The first-order valence-corrected chi connectivity index (χ1v) is 11.9. The zero-order valence-electron chi connectivity index (χ0n) is 18.5. The minimum absolute atomic E-state index is 1.33. The first kappa shape index (κ1) is 25.0. The number of rotatable bonds is 20. The van der Waals surface area contributed by atoms with E-state index < -0.39 is 0 Å². The van der Waals surface area contributed by atoms with Crippen LogP contribution in [0.1, 0.15) is 130 Å². The first-order valence-electron chi connectivity index (χ1n) is 11.9. The van der Waals surface area contributed by atoms with Gasteiger partial charge in [-0.05, 0) is 44.9 Å². The molecule has 0 aliphatic carbocycles. The second-order valence-electron chi connectivity index (χ2n) is 8.25. The summed E-state index contributed by atoms with van der Waals surface area (Å²) in [6.45, 7) is 16.3. The molecule has 0 aliphatic heterocycles. The quantitative estimate of drug-likeness (QED) is 0.152. The van der Waals surface area contributed by atoms with Gasteiger partial charge in [0.25, 0.3) is 0 Å². The summed E-state index contributed by atoms with van der Waals surface area (Å²) >= 11 is 0. The molecule has 0 atom stereocenters. The molecule has 0 saturated carbocycles. The van der Waals surface area contributed by atoms with E-state index in [0.717, 1.165) is 0 Å². The van der Waals surface area contributed by atoms with Gasteiger partial charge >= 0.3 is 0 Å². The van der Waals surface area contributed by atoms with Crippen molar-refractivity contribution in [2.24, 2.45) is 0 Å². The Hall–Kier alpha value is -0.0400. The third-order valence-corrected chi connectivity index (χ3v) is 5.70. The molecule has 0 aromatic heterocycles. The summed E-state index contributed by atoms with van der Waals surface area (Å²) in [6.07, 6.45) is 22.4. The fourth-order valence-corrected chi connectivity index (χ4v) is 3.93. The van der Waals surface area contributed by atoms with E-state index in [0.29, 0.717) is 0 Å². The van der Waals surface area contributed by atoms with Crippen LogP contribution in [-0.2, 0) is 0 Å². The summed E-state index contributed by atoms with van der Waals surface area (Å²) in [5.74, 6) is 0. The van der Waals surface area contributed by atoms with Crippen molar-refractivity contribution >= 4 is 0 Å². The SMILES string of the molecule is CCCCC[CH][N+](CCCCCC)(CCCCCC)CCCCCC. The van der Waals surface area contributed by atoms with Crippen molar-refractivity contribution in [2.75, 3.05) is 19.6 Å². The van der Waals surface area contributed by atoms with Gasteiger partial charge in [0.2, 0.25) is 0 Å². The number of hydrogen-bond donors (Lipinski definition) is 0. The van der Waals surface area contributed by atoms with Crippen molar-refractivity contribution in [1.82, 2.24) is 0 Å². The highest BCUT2D eigenvalue weighted by Gasteiger charge is 2.26. The molecule has 25 heavy (non-hydrogen) atoms. The maximum Gasteiger partial charge on any atom is 0.141 e. The molecule has 0 unspecified atom stereocenters. The molecule has 1 heteroatoms. The lowest BCUT2D eigenvalue weighted by Gasteiger charge is -2.38. The second-order valence-corrected chi connectivity index (χ2v) is 8.25. The zero-order valence-corrected chi connectivity index (χ0v) is 18.5. The van der Waals surface area contributed by atoms with E-state index in [2.05, 4.69) is 34.2 Å². The highest BCUT2D eigenvalue weighted by atomic mass is 15.3. The number of nitrogens with zero attached hydrogens (tertiary/aromatic N) is 1. The standard InChI is InChI=1S/C24H51N/c1-5-9-13-17-21-25(22-18-14-10-6-2,23-19-15-11-7-3)24-20-16-12-8-4/h21H,5-20,22-24H2,1-4H3/q+1. The van der Waals surface area contributed by atoms with Crippen molar-refractivity contribution in [3.63, 3.8) is 0 Å². The molecule has 0 aromatic rings. The van der Waals surface area contributed by atoms with Gasteiger partial charge in [0.1, 0.15) is 6.54 Å². The molecule has 0 amide bonds. The van der Waals surface area contributed by atoms with E-state index >= 15 is 0 Å². The second kappa shape index (κ2) is 18.7. The maximum absolute atomic E-state index is 2.75. The Morgan fingerprint density at radius 1 is 0.440 bits per heavy atom. The minimum Gasteiger partial charge on any atom is -0.316 e. The van der Waals surface area contributed by atoms with Crippen LogP contribution in [0.3, 0.4) is 0 Å². The summed E-state index contributed by atoms with van der Waals surface area (Å²) < 4.78 is 1.33. The van der Waals surface area contributed by atoms with Gasteiger partial charge < -0.3 is 4.48 Å². The number of unbranched alkanes of at least 4 members (excludes halogenated alkanes) is 12. The molecule has 0 spiro atoms. The lowest BCUT2D eigenvalue weighted by Crippen LogP contribution is -2.47. The van der Waals surface area contributed by atoms with Crippen LogP contribution < -0.4 is 0 Å². The normalized spacial score (nSPS) is 12.0. The van der Waals surface area contributed by atoms with Gasteiger partial charge in [0.15, 0.2) is 0 Å². The number of hydrogen-bond acceptors (Lipinski definition) is 0. The van der Waals surface area contributed by atoms with Crippen molar-refractivity contribution in [3.05, 3.63) is 6.54 Å². The molecule has 1 radical (unpaired) electrons. The summed E-state index contributed by atoms with van der Waals surface area (Å²) in [7, 11) is 0. The van der Waals surface area contributed by atoms with Gasteiger partial charge in [-0.2, -0.15) is 0 Å². The Morgan fingerprint density at radius 3 is 1.16 bits per heavy atom. The molecule has 0 bridgehead atoms. The molecule has 0 fully saturated rings. The minimum atomic E-state index is 1.33. The molecule has 0 saturated heterocycles. The molecule has 0 rings (SSSR count). The van der Waals surface area contributed by atoms with Crippen LogP contribution in [0, 0.1) is 6.54 Å². The maximum atomic E-state index is 2.75. The predicted octanol–water partition coefficient (Wildman–Crippen LogP) is 8.29. The van der Waals surface area contributed by atoms with Crippen LogP contribution >= 0.6 is 0 Å². The van der Waals surface area contributed by atoms with E-state index in [9.17, 15) is 0 Å². The molecular formula is C24H51N+. The molecule has 1 nitrogen and oxygen atoms in total. The molecular weight excluding hydrogens is 302 g/mol. The van der Waals surface area contributed by atoms with Crippen LogP contribution in [0.25, 0.3) is 0 Å². The number of quaternary nitrogens is 1. The van der Waals surface area contributed by atoms with Crippen LogP contribution in [-0.4, -0.2) is 24.1 Å². The van der Waals surface area contributed by atoms with Crippen LogP contribution in [0.4, 0.5) is 0 Å². The fourth-order valence-electron chi connectivity index (χ4n) is 3.93. The van der Waals surface area contributed by atoms with Crippen molar-refractivity contribution < 1.29 is 4.48 Å². The summed E-state index contributed by atoms with van der Waals surface area (Å²) in [5, 5.41) is 0. The Morgan fingerprint density at radius 2 is 0.800 bits per heavy atom. The predicted molar refractivity (Wildman–Crippen MR) is 116 cm³/mol. The van der Waals surface area contributed by atoms with Gasteiger partial charge in [-0.15, -0.1) is 0 Å². The Balaban J connectivity index is 4.62. The summed E-state index contributed by atoms with van der Waals surface area (Å²) in [6, 6.07) is 0.